The number of nitrogens with one attached hydrogen (secondary N) is 1. The summed E-state index contributed by atoms with van der Waals surface area (Å²) in [4.78, 5) is 10.6. The molecule has 0 spiro atoms. The Kier molecular flexibility index (Phi) is 2.02. The van der Waals surface area contributed by atoms with Crippen molar-refractivity contribution < 1.29 is 10.0 Å². The summed E-state index contributed by atoms with van der Waals surface area (Å²) in [5.74, 6) is -0.541. The van der Waals surface area contributed by atoms with Gasteiger partial charge < -0.3 is 0 Å². The number of rotatable bonds is 1. The Balaban J connectivity index is 2.85. The number of hydrogen-bond acceptors (Lipinski definition) is 2. The average molecular weight is 136 g/mol. The average Bonchev–Trinajstić information content (AvgIpc) is 2.05. The van der Waals surface area contributed by atoms with Crippen LogP contribution in [0, 0.1) is 6.07 Å². The van der Waals surface area contributed by atoms with Crippen LogP contribution in [0.25, 0.3) is 0 Å². The number of amides is 1. The van der Waals surface area contributed by atoms with Gasteiger partial charge in [0.15, 0.2) is 0 Å². The molecule has 0 aliphatic rings. The fourth-order valence-electron chi connectivity index (χ4n) is 0.595. The first-order valence-corrected chi connectivity index (χ1v) is 2.76. The quantitative estimate of drug-likeness (QED) is 0.439. The Morgan fingerprint density at radius 2 is 2.40 bits per heavy atom. The van der Waals surface area contributed by atoms with Crippen LogP contribution < -0.4 is 5.48 Å². The maximum Gasteiger partial charge on any atom is 0.275 e. The van der Waals surface area contributed by atoms with Gasteiger partial charge in [-0.2, -0.15) is 0 Å². The monoisotopic (exact) mass is 136 g/mol. The van der Waals surface area contributed by atoms with E-state index < -0.39 is 5.91 Å². The van der Waals surface area contributed by atoms with Gasteiger partial charge in [0.2, 0.25) is 0 Å². The molecule has 0 saturated carbocycles. The summed E-state index contributed by atoms with van der Waals surface area (Å²) in [7, 11) is 0. The molecule has 1 amide bonds. The molecule has 51 valence electrons. The molecule has 1 radical (unpaired) electrons. The van der Waals surface area contributed by atoms with Gasteiger partial charge in [-0.1, -0.05) is 18.2 Å². The normalized spacial score (nSPS) is 8.90. The van der Waals surface area contributed by atoms with Crippen molar-refractivity contribution in [2.24, 2.45) is 0 Å². The predicted octanol–water partition coefficient (Wildman–Crippen LogP) is 0.606. The molecule has 0 fully saturated rings. The first-order valence-electron chi connectivity index (χ1n) is 2.76. The van der Waals surface area contributed by atoms with E-state index >= 15 is 0 Å². The fourth-order valence-corrected chi connectivity index (χ4v) is 0.595. The van der Waals surface area contributed by atoms with Gasteiger partial charge >= 0.3 is 0 Å². The summed E-state index contributed by atoms with van der Waals surface area (Å²) >= 11 is 0. The third-order valence-electron chi connectivity index (χ3n) is 1.06. The van der Waals surface area contributed by atoms with Crippen LogP contribution in [-0.2, 0) is 0 Å². The second-order valence-corrected chi connectivity index (χ2v) is 1.72. The van der Waals surface area contributed by atoms with Gasteiger partial charge in [-0.3, -0.25) is 10.0 Å². The van der Waals surface area contributed by atoms with Gasteiger partial charge in [-0.15, -0.1) is 0 Å². The third kappa shape index (κ3) is 1.33. The van der Waals surface area contributed by atoms with Crippen molar-refractivity contribution in [2.45, 2.75) is 0 Å². The van der Waals surface area contributed by atoms with Crippen LogP contribution >= 0.6 is 0 Å². The highest BCUT2D eigenvalue weighted by Crippen LogP contribution is 1.95. The van der Waals surface area contributed by atoms with Crippen molar-refractivity contribution in [3.63, 3.8) is 0 Å². The second-order valence-electron chi connectivity index (χ2n) is 1.72. The summed E-state index contributed by atoms with van der Waals surface area (Å²) < 4.78 is 0. The molecule has 0 aliphatic carbocycles. The van der Waals surface area contributed by atoms with E-state index in [0.29, 0.717) is 5.56 Å². The summed E-state index contributed by atoms with van der Waals surface area (Å²) in [6.45, 7) is 0. The molecule has 1 aromatic carbocycles. The summed E-state index contributed by atoms with van der Waals surface area (Å²) in [6, 6.07) is 9.25. The minimum absolute atomic E-state index is 0.324. The van der Waals surface area contributed by atoms with E-state index in [1.807, 2.05) is 0 Å². The van der Waals surface area contributed by atoms with Gasteiger partial charge in [0, 0.05) is 5.56 Å². The van der Waals surface area contributed by atoms with E-state index in [-0.39, 0.29) is 0 Å². The van der Waals surface area contributed by atoms with Crippen molar-refractivity contribution in [2.75, 3.05) is 0 Å². The minimum Gasteiger partial charge on any atom is -0.288 e. The summed E-state index contributed by atoms with van der Waals surface area (Å²) in [5, 5.41) is 8.17. The Morgan fingerprint density at radius 3 is 2.90 bits per heavy atom. The van der Waals surface area contributed by atoms with Crippen molar-refractivity contribution in [3.8, 4) is 0 Å². The maximum absolute atomic E-state index is 10.6. The number of carbonyl (C=O) groups excluding carboxylic acids is 1. The molecule has 10 heavy (non-hydrogen) atoms. The molecule has 0 atom stereocenters. The zero-order chi connectivity index (χ0) is 7.40. The van der Waals surface area contributed by atoms with E-state index in [4.69, 9.17) is 5.21 Å². The lowest BCUT2D eigenvalue weighted by Crippen LogP contribution is -2.18. The van der Waals surface area contributed by atoms with Crippen LogP contribution in [0.4, 0.5) is 0 Å². The Morgan fingerprint density at radius 1 is 1.60 bits per heavy atom. The van der Waals surface area contributed by atoms with Crippen LogP contribution in [0.15, 0.2) is 24.3 Å². The van der Waals surface area contributed by atoms with Crippen molar-refractivity contribution in [1.29, 1.82) is 0 Å². The topological polar surface area (TPSA) is 49.3 Å². The maximum atomic E-state index is 10.6. The highest BCUT2D eigenvalue weighted by Gasteiger charge is 1.99. The minimum atomic E-state index is -0.541. The lowest BCUT2D eigenvalue weighted by atomic mass is 10.2. The Bertz CT molecular complexity index is 220. The van der Waals surface area contributed by atoms with E-state index in [2.05, 4.69) is 6.07 Å². The summed E-state index contributed by atoms with van der Waals surface area (Å²) in [5.41, 5.74) is 1.84. The molecule has 0 unspecified atom stereocenters. The van der Waals surface area contributed by atoms with E-state index in [9.17, 15) is 4.79 Å². The highest BCUT2D eigenvalue weighted by atomic mass is 16.5. The lowest BCUT2D eigenvalue weighted by Gasteiger charge is -1.94. The van der Waals surface area contributed by atoms with Crippen LogP contribution in [0.3, 0.4) is 0 Å². The van der Waals surface area contributed by atoms with Crippen LogP contribution in [0.2, 0.25) is 0 Å². The van der Waals surface area contributed by atoms with Gasteiger partial charge in [0.1, 0.15) is 0 Å². The zero-order valence-electron chi connectivity index (χ0n) is 5.16. The number of carbonyl (C=O) groups is 1. The van der Waals surface area contributed by atoms with Crippen LogP contribution in [-0.4, -0.2) is 11.1 Å². The van der Waals surface area contributed by atoms with Crippen LogP contribution in [0.1, 0.15) is 10.4 Å². The molecular weight excluding hydrogens is 130 g/mol. The fraction of sp³-hybridized carbons (Fsp3) is 0. The zero-order valence-corrected chi connectivity index (χ0v) is 5.16. The molecule has 3 nitrogen and oxygen atoms in total. The van der Waals surface area contributed by atoms with E-state index in [1.54, 1.807) is 24.3 Å². The molecule has 2 N–H and O–H groups in total. The van der Waals surface area contributed by atoms with Crippen molar-refractivity contribution in [3.05, 3.63) is 35.9 Å². The molecular formula is C7H6NO2. The number of benzene rings is 1. The standard InChI is InChI=1S/C7H6NO2/c9-7(8-10)6-4-2-1-3-5-6/h1-4,10H,(H,8,9). The molecule has 0 heterocycles. The largest absolute Gasteiger partial charge is 0.288 e. The molecule has 0 aliphatic heterocycles. The lowest BCUT2D eigenvalue weighted by molar-refractivity contribution is 0.0706. The van der Waals surface area contributed by atoms with Gasteiger partial charge in [0.05, 0.1) is 0 Å². The smallest absolute Gasteiger partial charge is 0.275 e. The molecule has 1 aromatic rings. The van der Waals surface area contributed by atoms with Gasteiger partial charge in [-0.05, 0) is 12.1 Å². The molecule has 0 saturated heterocycles. The first kappa shape index (κ1) is 6.77. The van der Waals surface area contributed by atoms with E-state index in [1.165, 1.54) is 5.48 Å². The van der Waals surface area contributed by atoms with Crippen LogP contribution in [0.5, 0.6) is 0 Å². The van der Waals surface area contributed by atoms with Crippen molar-refractivity contribution in [1.82, 2.24) is 5.48 Å². The Labute approximate surface area is 58.3 Å². The summed E-state index contributed by atoms with van der Waals surface area (Å²) in [6.07, 6.45) is 0. The Hall–Kier alpha value is -1.35. The molecule has 1 rings (SSSR count). The number of hydrogen-bond donors (Lipinski definition) is 2. The predicted molar refractivity (Wildman–Crippen MR) is 34.5 cm³/mol. The molecule has 0 aromatic heterocycles. The third-order valence-corrected chi connectivity index (χ3v) is 1.06. The SMILES string of the molecule is O=C(NO)c1[c]cccc1. The highest BCUT2D eigenvalue weighted by molar-refractivity contribution is 5.92. The second kappa shape index (κ2) is 2.98. The van der Waals surface area contributed by atoms with Gasteiger partial charge in [-0.25, -0.2) is 5.48 Å². The first-order chi connectivity index (χ1) is 4.84. The number of hydroxylamine groups is 1. The van der Waals surface area contributed by atoms with E-state index in [0.717, 1.165) is 0 Å². The van der Waals surface area contributed by atoms with Crippen molar-refractivity contribution >= 4 is 5.91 Å². The molecule has 3 heteroatoms. The molecule has 0 bridgehead atoms. The van der Waals surface area contributed by atoms with Gasteiger partial charge in [0.25, 0.3) is 5.91 Å².